The van der Waals surface area contributed by atoms with Crippen LogP contribution in [0.1, 0.15) is 0 Å². The fourth-order valence-corrected chi connectivity index (χ4v) is 2.12. The molecule has 6 heteroatoms. The second-order valence-corrected chi connectivity index (χ2v) is 4.87. The highest BCUT2D eigenvalue weighted by Gasteiger charge is 2.12. The van der Waals surface area contributed by atoms with Crippen LogP contribution in [0.5, 0.6) is 0 Å². The Kier molecular flexibility index (Phi) is 3.42. The van der Waals surface area contributed by atoms with Crippen LogP contribution in [0.4, 0.5) is 4.39 Å². The van der Waals surface area contributed by atoms with E-state index in [4.69, 9.17) is 23.2 Å². The Bertz CT molecular complexity index is 673. The molecule has 20 heavy (non-hydrogen) atoms. The molecule has 3 aromatic rings. The number of rotatable bonds is 2. The van der Waals surface area contributed by atoms with E-state index in [1.54, 1.807) is 41.1 Å². The number of halogens is 3. The highest BCUT2D eigenvalue weighted by atomic mass is 35.5. The van der Waals surface area contributed by atoms with E-state index in [0.29, 0.717) is 10.8 Å². The second kappa shape index (κ2) is 5.23. The highest BCUT2D eigenvalue weighted by molar-refractivity contribution is 6.30. The van der Waals surface area contributed by atoms with E-state index in [1.807, 2.05) is 0 Å². The molecule has 0 atom stereocenters. The summed E-state index contributed by atoms with van der Waals surface area (Å²) in [7, 11) is 0. The molecule has 0 unspecified atom stereocenters. The van der Waals surface area contributed by atoms with Crippen LogP contribution in [-0.4, -0.2) is 14.8 Å². The molecule has 0 radical (unpaired) electrons. The van der Waals surface area contributed by atoms with Crippen molar-refractivity contribution in [3.63, 3.8) is 0 Å². The molecule has 1 aromatic heterocycles. The fourth-order valence-electron chi connectivity index (χ4n) is 1.84. The molecule has 0 aliphatic heterocycles. The summed E-state index contributed by atoms with van der Waals surface area (Å²) in [6.45, 7) is 0. The number of hydrogen-bond donors (Lipinski definition) is 0. The normalized spacial score (nSPS) is 10.8. The maximum absolute atomic E-state index is 13.0. The zero-order valence-electron chi connectivity index (χ0n) is 10.1. The molecule has 0 N–H and O–H groups in total. The van der Waals surface area contributed by atoms with E-state index < -0.39 is 0 Å². The molecular formula is C14H8Cl2FN3. The van der Waals surface area contributed by atoms with Gasteiger partial charge in [0.1, 0.15) is 5.82 Å². The van der Waals surface area contributed by atoms with Crippen molar-refractivity contribution in [2.24, 2.45) is 0 Å². The van der Waals surface area contributed by atoms with Gasteiger partial charge >= 0.3 is 0 Å². The quantitative estimate of drug-likeness (QED) is 0.703. The lowest BCUT2D eigenvalue weighted by molar-refractivity contribution is 0.628. The van der Waals surface area contributed by atoms with Crippen LogP contribution in [-0.2, 0) is 0 Å². The lowest BCUT2D eigenvalue weighted by Gasteiger charge is -2.05. The first-order chi connectivity index (χ1) is 9.63. The van der Waals surface area contributed by atoms with Gasteiger partial charge in [0.25, 0.3) is 0 Å². The number of nitrogens with zero attached hydrogens (tertiary/aromatic N) is 3. The summed E-state index contributed by atoms with van der Waals surface area (Å²) in [5.41, 5.74) is 1.49. The molecule has 0 spiro atoms. The fraction of sp³-hybridized carbons (Fsp3) is 0. The molecule has 0 aliphatic carbocycles. The summed E-state index contributed by atoms with van der Waals surface area (Å²) in [6.07, 6.45) is 0. The molecule has 0 amide bonds. The number of benzene rings is 2. The van der Waals surface area contributed by atoms with Gasteiger partial charge in [-0.2, -0.15) is 4.98 Å². The van der Waals surface area contributed by atoms with E-state index in [2.05, 4.69) is 10.1 Å². The van der Waals surface area contributed by atoms with Gasteiger partial charge in [0.05, 0.1) is 5.69 Å². The van der Waals surface area contributed by atoms with E-state index in [0.717, 1.165) is 11.3 Å². The van der Waals surface area contributed by atoms with Gasteiger partial charge in [-0.25, -0.2) is 9.07 Å². The molecule has 100 valence electrons. The Morgan fingerprint density at radius 1 is 0.900 bits per heavy atom. The minimum Gasteiger partial charge on any atom is -0.212 e. The third kappa shape index (κ3) is 2.53. The minimum atomic E-state index is -0.308. The average Bonchev–Trinajstić information content (AvgIpc) is 2.82. The van der Waals surface area contributed by atoms with Gasteiger partial charge in [-0.05, 0) is 60.1 Å². The first kappa shape index (κ1) is 13.1. The van der Waals surface area contributed by atoms with Gasteiger partial charge < -0.3 is 0 Å². The van der Waals surface area contributed by atoms with Crippen molar-refractivity contribution >= 4 is 23.2 Å². The molecule has 3 nitrogen and oxygen atoms in total. The van der Waals surface area contributed by atoms with Gasteiger partial charge in [-0.15, -0.1) is 5.10 Å². The van der Waals surface area contributed by atoms with Crippen LogP contribution >= 0.6 is 23.2 Å². The van der Waals surface area contributed by atoms with Crippen LogP contribution in [0.25, 0.3) is 17.1 Å². The summed E-state index contributed by atoms with van der Waals surface area (Å²) in [4.78, 5) is 4.17. The van der Waals surface area contributed by atoms with Crippen molar-refractivity contribution in [2.75, 3.05) is 0 Å². The second-order valence-electron chi connectivity index (χ2n) is 4.10. The van der Waals surface area contributed by atoms with Gasteiger partial charge in [0, 0.05) is 10.6 Å². The number of hydrogen-bond acceptors (Lipinski definition) is 2. The Hall–Kier alpha value is -1.91. The number of aromatic nitrogens is 3. The first-order valence-electron chi connectivity index (χ1n) is 5.78. The smallest absolute Gasteiger partial charge is 0.212 e. The van der Waals surface area contributed by atoms with E-state index in [9.17, 15) is 4.39 Å². The third-order valence-electron chi connectivity index (χ3n) is 2.75. The summed E-state index contributed by atoms with van der Waals surface area (Å²) in [6, 6.07) is 13.1. The predicted molar refractivity (Wildman–Crippen MR) is 76.8 cm³/mol. The summed E-state index contributed by atoms with van der Waals surface area (Å²) >= 11 is 11.8. The Morgan fingerprint density at radius 2 is 1.55 bits per heavy atom. The SMILES string of the molecule is Fc1ccc(-c2nc(Cl)nn2-c2ccc(Cl)cc2)cc1. The van der Waals surface area contributed by atoms with Gasteiger partial charge in [-0.1, -0.05) is 11.6 Å². The largest absolute Gasteiger partial charge is 0.243 e. The minimum absolute atomic E-state index is 0.124. The maximum atomic E-state index is 13.0. The summed E-state index contributed by atoms with van der Waals surface area (Å²) in [5, 5.41) is 4.90. The van der Waals surface area contributed by atoms with Crippen molar-refractivity contribution in [1.29, 1.82) is 0 Å². The van der Waals surface area contributed by atoms with E-state index in [-0.39, 0.29) is 11.1 Å². The summed E-state index contributed by atoms with van der Waals surface area (Å²) in [5.74, 6) is 0.231. The Morgan fingerprint density at radius 3 is 2.20 bits per heavy atom. The van der Waals surface area contributed by atoms with Crippen LogP contribution < -0.4 is 0 Å². The molecule has 3 rings (SSSR count). The molecule has 0 bridgehead atoms. The Labute approximate surface area is 124 Å². The van der Waals surface area contributed by atoms with Crippen LogP contribution in [0.2, 0.25) is 10.3 Å². The van der Waals surface area contributed by atoms with Crippen molar-refractivity contribution in [1.82, 2.24) is 14.8 Å². The highest BCUT2D eigenvalue weighted by Crippen LogP contribution is 2.23. The molecule has 2 aromatic carbocycles. The van der Waals surface area contributed by atoms with Crippen LogP contribution in [0.3, 0.4) is 0 Å². The van der Waals surface area contributed by atoms with Crippen molar-refractivity contribution in [3.05, 3.63) is 64.7 Å². The van der Waals surface area contributed by atoms with Crippen LogP contribution in [0.15, 0.2) is 48.5 Å². The Balaban J connectivity index is 2.12. The molecule has 0 aliphatic rings. The lowest BCUT2D eigenvalue weighted by Crippen LogP contribution is -1.99. The lowest BCUT2D eigenvalue weighted by atomic mass is 10.2. The zero-order chi connectivity index (χ0) is 14.1. The molecule has 0 saturated heterocycles. The van der Waals surface area contributed by atoms with Gasteiger partial charge in [0.2, 0.25) is 5.28 Å². The maximum Gasteiger partial charge on any atom is 0.243 e. The van der Waals surface area contributed by atoms with E-state index >= 15 is 0 Å². The monoisotopic (exact) mass is 307 g/mol. The van der Waals surface area contributed by atoms with Crippen molar-refractivity contribution in [2.45, 2.75) is 0 Å². The van der Waals surface area contributed by atoms with Crippen molar-refractivity contribution in [3.8, 4) is 17.1 Å². The van der Waals surface area contributed by atoms with Gasteiger partial charge in [0.15, 0.2) is 5.82 Å². The molecular weight excluding hydrogens is 300 g/mol. The van der Waals surface area contributed by atoms with Crippen LogP contribution in [0, 0.1) is 5.82 Å². The average molecular weight is 308 g/mol. The standard InChI is InChI=1S/C14H8Cl2FN3/c15-10-3-7-12(8-4-10)20-13(18-14(16)19-20)9-1-5-11(17)6-2-9/h1-8H. The zero-order valence-corrected chi connectivity index (χ0v) is 11.6. The summed E-state index contributed by atoms with van der Waals surface area (Å²) < 4.78 is 14.6. The molecule has 1 heterocycles. The van der Waals surface area contributed by atoms with Gasteiger partial charge in [-0.3, -0.25) is 0 Å². The van der Waals surface area contributed by atoms with E-state index in [1.165, 1.54) is 12.1 Å². The predicted octanol–water partition coefficient (Wildman–Crippen LogP) is 4.38. The first-order valence-corrected chi connectivity index (χ1v) is 6.53. The van der Waals surface area contributed by atoms with Crippen molar-refractivity contribution < 1.29 is 4.39 Å². The topological polar surface area (TPSA) is 30.7 Å². The molecule has 0 fully saturated rings. The third-order valence-corrected chi connectivity index (χ3v) is 3.17. The molecule has 0 saturated carbocycles.